The maximum atomic E-state index is 13.9. The number of likely N-dealkylation sites (tertiary alicyclic amines) is 1. The maximum Gasteiger partial charge on any atom is 0.227 e. The Morgan fingerprint density at radius 3 is 2.43 bits per heavy atom. The Labute approximate surface area is 120 Å². The Kier molecular flexibility index (Phi) is 4.15. The second kappa shape index (κ2) is 5.57. The lowest BCUT2D eigenvalue weighted by Crippen LogP contribution is -2.34. The van der Waals surface area contributed by atoms with Gasteiger partial charge in [0, 0.05) is 36.6 Å². The number of nitrogens with two attached hydrogens (primary N) is 1. The number of hydrogen-bond donors (Lipinski definition) is 1. The highest BCUT2D eigenvalue weighted by Crippen LogP contribution is 2.33. The summed E-state index contributed by atoms with van der Waals surface area (Å²) in [6.45, 7) is -0.102. The van der Waals surface area contributed by atoms with E-state index < -0.39 is 39.4 Å². The molecule has 116 valence electrons. The molecule has 6 nitrogen and oxygen atoms in total. The lowest BCUT2D eigenvalue weighted by Gasteiger charge is -2.16. The minimum Gasteiger partial charge on any atom is -0.497 e. The summed E-state index contributed by atoms with van der Waals surface area (Å²) in [5, 5.41) is 4.87. The monoisotopic (exact) mass is 320 g/mol. The maximum absolute atomic E-state index is 13.9. The van der Waals surface area contributed by atoms with Gasteiger partial charge >= 0.3 is 0 Å². The molecule has 0 radical (unpaired) electrons. The summed E-state index contributed by atoms with van der Waals surface area (Å²) >= 11 is 0. The smallest absolute Gasteiger partial charge is 0.227 e. The number of halogens is 2. The van der Waals surface area contributed by atoms with Gasteiger partial charge in [-0.05, 0) is 0 Å². The standard InChI is InChI=1S/C12H14F2N2O4S/c1-20-8-3-9(13)12(10(14)4-8)7-2-11(17)16(5-7)6-21(15,18)19/h3-4,7H,2,5-6H2,1H3,(H2,15,18,19)/t7-/m0/s1. The van der Waals surface area contributed by atoms with E-state index in [1.807, 2.05) is 0 Å². The summed E-state index contributed by atoms with van der Waals surface area (Å²) in [7, 11) is -2.60. The highest BCUT2D eigenvalue weighted by atomic mass is 32.2. The van der Waals surface area contributed by atoms with Gasteiger partial charge in [0.2, 0.25) is 15.9 Å². The van der Waals surface area contributed by atoms with Crippen molar-refractivity contribution in [3.05, 3.63) is 29.3 Å². The number of ether oxygens (including phenoxy) is 1. The van der Waals surface area contributed by atoms with Crippen LogP contribution in [0.4, 0.5) is 8.78 Å². The molecule has 9 heteroatoms. The van der Waals surface area contributed by atoms with Gasteiger partial charge < -0.3 is 9.64 Å². The SMILES string of the molecule is COc1cc(F)c([C@H]2CC(=O)N(CS(N)(=O)=O)C2)c(F)c1. The van der Waals surface area contributed by atoms with E-state index in [9.17, 15) is 22.0 Å². The molecule has 0 spiro atoms. The van der Waals surface area contributed by atoms with Crippen LogP contribution in [-0.4, -0.2) is 38.8 Å². The average Bonchev–Trinajstić information content (AvgIpc) is 2.67. The molecule has 0 bridgehead atoms. The quantitative estimate of drug-likeness (QED) is 0.876. The van der Waals surface area contributed by atoms with Crippen molar-refractivity contribution in [3.63, 3.8) is 0 Å². The van der Waals surface area contributed by atoms with E-state index in [1.54, 1.807) is 0 Å². The molecule has 0 saturated carbocycles. The predicted molar refractivity (Wildman–Crippen MR) is 70.0 cm³/mol. The predicted octanol–water partition coefficient (Wildman–Crippen LogP) is 0.535. The Hall–Kier alpha value is -1.74. The molecular formula is C12H14F2N2O4S. The van der Waals surface area contributed by atoms with E-state index in [0.717, 1.165) is 17.0 Å². The number of carbonyl (C=O) groups is 1. The first-order chi connectivity index (χ1) is 9.71. The average molecular weight is 320 g/mol. The lowest BCUT2D eigenvalue weighted by atomic mass is 9.97. The summed E-state index contributed by atoms with van der Waals surface area (Å²) in [4.78, 5) is 12.7. The molecule has 1 saturated heterocycles. The molecule has 0 unspecified atom stereocenters. The van der Waals surface area contributed by atoms with E-state index in [-0.39, 0.29) is 24.3 Å². The Bertz CT molecular complexity index is 655. The topological polar surface area (TPSA) is 89.7 Å². The summed E-state index contributed by atoms with van der Waals surface area (Å²) < 4.78 is 54.7. The van der Waals surface area contributed by atoms with Crippen molar-refractivity contribution < 1.29 is 26.7 Å². The molecule has 0 aliphatic carbocycles. The van der Waals surface area contributed by atoms with E-state index in [0.29, 0.717) is 0 Å². The van der Waals surface area contributed by atoms with Gasteiger partial charge in [-0.25, -0.2) is 22.3 Å². The van der Waals surface area contributed by atoms with Crippen LogP contribution < -0.4 is 9.88 Å². The van der Waals surface area contributed by atoms with Gasteiger partial charge in [0.25, 0.3) is 0 Å². The molecule has 1 aromatic rings. The largest absolute Gasteiger partial charge is 0.497 e. The molecular weight excluding hydrogens is 306 g/mol. The molecule has 0 aromatic heterocycles. The first-order valence-electron chi connectivity index (χ1n) is 6.02. The molecule has 1 aromatic carbocycles. The molecule has 2 N–H and O–H groups in total. The molecule has 1 aliphatic rings. The fraction of sp³-hybridized carbons (Fsp3) is 0.417. The van der Waals surface area contributed by atoms with Gasteiger partial charge in [-0.2, -0.15) is 0 Å². The van der Waals surface area contributed by atoms with Crippen molar-refractivity contribution >= 4 is 15.9 Å². The molecule has 21 heavy (non-hydrogen) atoms. The summed E-state index contributed by atoms with van der Waals surface area (Å²) in [6, 6.07) is 2.04. The molecule has 1 fully saturated rings. The number of sulfonamides is 1. The summed E-state index contributed by atoms with van der Waals surface area (Å²) in [6.07, 6.45) is -0.171. The van der Waals surface area contributed by atoms with E-state index in [2.05, 4.69) is 0 Å². The van der Waals surface area contributed by atoms with Crippen LogP contribution in [0.3, 0.4) is 0 Å². The van der Waals surface area contributed by atoms with Crippen LogP contribution in [0.2, 0.25) is 0 Å². The van der Waals surface area contributed by atoms with Gasteiger partial charge in [0.05, 0.1) is 7.11 Å². The number of methoxy groups -OCH3 is 1. The van der Waals surface area contributed by atoms with Crippen molar-refractivity contribution in [3.8, 4) is 5.75 Å². The molecule has 1 heterocycles. The van der Waals surface area contributed by atoms with Crippen molar-refractivity contribution in [2.24, 2.45) is 5.14 Å². The summed E-state index contributed by atoms with van der Waals surface area (Å²) in [5.74, 6) is -3.57. The van der Waals surface area contributed by atoms with Crippen molar-refractivity contribution in [1.82, 2.24) is 4.90 Å². The van der Waals surface area contributed by atoms with Gasteiger partial charge in [-0.1, -0.05) is 0 Å². The minimum atomic E-state index is -3.88. The Morgan fingerprint density at radius 2 is 1.95 bits per heavy atom. The molecule has 1 amide bonds. The van der Waals surface area contributed by atoms with E-state index in [4.69, 9.17) is 9.88 Å². The third kappa shape index (κ3) is 3.48. The number of primary sulfonamides is 1. The highest BCUT2D eigenvalue weighted by molar-refractivity contribution is 7.89. The zero-order valence-electron chi connectivity index (χ0n) is 11.2. The minimum absolute atomic E-state index is 0.0273. The zero-order chi connectivity index (χ0) is 15.8. The fourth-order valence-electron chi connectivity index (χ4n) is 2.38. The van der Waals surface area contributed by atoms with Gasteiger partial charge in [-0.3, -0.25) is 4.79 Å². The zero-order valence-corrected chi connectivity index (χ0v) is 12.0. The lowest BCUT2D eigenvalue weighted by molar-refractivity contribution is -0.126. The Morgan fingerprint density at radius 1 is 1.38 bits per heavy atom. The molecule has 1 aliphatic heterocycles. The van der Waals surface area contributed by atoms with Crippen LogP contribution in [0, 0.1) is 11.6 Å². The number of benzene rings is 1. The highest BCUT2D eigenvalue weighted by Gasteiger charge is 2.35. The normalized spacial score (nSPS) is 19.1. The third-order valence-electron chi connectivity index (χ3n) is 3.25. The summed E-state index contributed by atoms with van der Waals surface area (Å²) in [5.41, 5.74) is -0.249. The first-order valence-corrected chi connectivity index (χ1v) is 7.74. The van der Waals surface area contributed by atoms with E-state index in [1.165, 1.54) is 7.11 Å². The van der Waals surface area contributed by atoms with E-state index >= 15 is 0 Å². The number of rotatable bonds is 4. The van der Waals surface area contributed by atoms with Gasteiger partial charge in [0.1, 0.15) is 23.3 Å². The molecule has 2 rings (SSSR count). The van der Waals surface area contributed by atoms with Crippen LogP contribution in [0.1, 0.15) is 17.9 Å². The third-order valence-corrected chi connectivity index (χ3v) is 3.92. The first kappa shape index (κ1) is 15.6. The van der Waals surface area contributed by atoms with Crippen molar-refractivity contribution in [1.29, 1.82) is 0 Å². The van der Waals surface area contributed by atoms with Crippen molar-refractivity contribution in [2.75, 3.05) is 19.5 Å². The van der Waals surface area contributed by atoms with Crippen LogP contribution in [0.5, 0.6) is 5.75 Å². The van der Waals surface area contributed by atoms with Gasteiger partial charge in [0.15, 0.2) is 0 Å². The van der Waals surface area contributed by atoms with Crippen LogP contribution >= 0.6 is 0 Å². The van der Waals surface area contributed by atoms with Crippen LogP contribution in [0.15, 0.2) is 12.1 Å². The Balaban J connectivity index is 2.27. The number of amides is 1. The molecule has 1 atom stereocenters. The van der Waals surface area contributed by atoms with Crippen LogP contribution in [0.25, 0.3) is 0 Å². The fourth-order valence-corrected chi connectivity index (χ4v) is 3.06. The van der Waals surface area contributed by atoms with Crippen molar-refractivity contribution in [2.45, 2.75) is 12.3 Å². The second-order valence-electron chi connectivity index (χ2n) is 4.81. The number of carbonyl (C=O) groups excluding carboxylic acids is 1. The second-order valence-corrected chi connectivity index (χ2v) is 6.40. The number of nitrogens with zero attached hydrogens (tertiary/aromatic N) is 1. The number of hydrogen-bond acceptors (Lipinski definition) is 4. The van der Waals surface area contributed by atoms with Crippen LogP contribution in [-0.2, 0) is 14.8 Å². The van der Waals surface area contributed by atoms with Gasteiger partial charge in [-0.15, -0.1) is 0 Å².